The van der Waals surface area contributed by atoms with Crippen molar-refractivity contribution in [1.29, 1.82) is 0 Å². The zero-order valence-electron chi connectivity index (χ0n) is 13.2. The fourth-order valence-corrected chi connectivity index (χ4v) is 5.05. The highest BCUT2D eigenvalue weighted by Gasteiger charge is 2.78. The molecule has 0 aromatic carbocycles. The number of pyridine rings is 1. The third-order valence-corrected chi connectivity index (χ3v) is 6.11. The first-order valence-electron chi connectivity index (χ1n) is 8.18. The average molecular weight is 300 g/mol. The molecule has 0 radical (unpaired) electrons. The van der Waals surface area contributed by atoms with Crippen molar-refractivity contribution in [2.24, 2.45) is 16.6 Å². The predicted molar refractivity (Wildman–Crippen MR) is 84.2 cm³/mol. The standard InChI is InChI=1S/C17H24N4O/c1-20-6-8-21(9-7-20)12-16-10-17(11-16,15(18)22)14(16)13-4-2-3-5-19-13/h2-5,14H,6-12H2,1H3,(H2,18,22). The van der Waals surface area contributed by atoms with Crippen LogP contribution in [0.3, 0.4) is 0 Å². The SMILES string of the molecule is CN1CCN(CC23CC(C(N)=O)(C2)C3c2ccccn2)CC1. The van der Waals surface area contributed by atoms with Gasteiger partial charge >= 0.3 is 0 Å². The number of amides is 1. The van der Waals surface area contributed by atoms with Crippen LogP contribution in [0.1, 0.15) is 24.5 Å². The summed E-state index contributed by atoms with van der Waals surface area (Å²) in [6.45, 7) is 5.58. The van der Waals surface area contributed by atoms with E-state index in [1.807, 2.05) is 18.3 Å². The van der Waals surface area contributed by atoms with Crippen molar-refractivity contribution in [3.63, 3.8) is 0 Å². The van der Waals surface area contributed by atoms with Crippen LogP contribution in [-0.4, -0.2) is 60.5 Å². The number of hydrogen-bond acceptors (Lipinski definition) is 4. The van der Waals surface area contributed by atoms with Crippen molar-refractivity contribution in [2.45, 2.75) is 18.8 Å². The molecule has 5 rings (SSSR count). The summed E-state index contributed by atoms with van der Waals surface area (Å²) in [5, 5.41) is 0. The van der Waals surface area contributed by atoms with Crippen LogP contribution in [0.2, 0.25) is 0 Å². The van der Waals surface area contributed by atoms with Gasteiger partial charge in [-0.05, 0) is 37.4 Å². The summed E-state index contributed by atoms with van der Waals surface area (Å²) < 4.78 is 0. The number of rotatable bonds is 4. The van der Waals surface area contributed by atoms with Gasteiger partial charge in [0, 0.05) is 50.5 Å². The second-order valence-corrected chi connectivity index (χ2v) is 7.50. The molecule has 3 saturated carbocycles. The van der Waals surface area contributed by atoms with E-state index in [0.29, 0.717) is 0 Å². The van der Waals surface area contributed by atoms with Crippen LogP contribution in [0.4, 0.5) is 0 Å². The molecule has 4 fully saturated rings. The third kappa shape index (κ3) is 1.85. The highest BCUT2D eigenvalue weighted by Crippen LogP contribution is 2.80. The fourth-order valence-electron chi connectivity index (χ4n) is 5.05. The Morgan fingerprint density at radius 1 is 1.32 bits per heavy atom. The summed E-state index contributed by atoms with van der Waals surface area (Å²) in [5.41, 5.74) is 6.67. The van der Waals surface area contributed by atoms with Crippen LogP contribution in [0.5, 0.6) is 0 Å². The highest BCUT2D eigenvalue weighted by molar-refractivity contribution is 5.87. The average Bonchev–Trinajstić information content (AvgIpc) is 2.44. The third-order valence-electron chi connectivity index (χ3n) is 6.11. The molecule has 4 aliphatic rings. The maximum Gasteiger partial charge on any atom is 0.224 e. The van der Waals surface area contributed by atoms with E-state index in [1.54, 1.807) is 0 Å². The van der Waals surface area contributed by atoms with Crippen LogP contribution in [0, 0.1) is 10.8 Å². The molecule has 1 aliphatic heterocycles. The molecule has 1 atom stereocenters. The number of likely N-dealkylation sites (N-methyl/N-ethyl adjacent to an activating group) is 1. The zero-order chi connectivity index (χ0) is 15.4. The monoisotopic (exact) mass is 300 g/mol. The van der Waals surface area contributed by atoms with Gasteiger partial charge in [-0.2, -0.15) is 0 Å². The van der Waals surface area contributed by atoms with Crippen LogP contribution in [0.15, 0.2) is 24.4 Å². The molecule has 1 aromatic heterocycles. The lowest BCUT2D eigenvalue weighted by Crippen LogP contribution is -2.76. The summed E-state index contributed by atoms with van der Waals surface area (Å²) in [6, 6.07) is 6.00. The molecule has 0 spiro atoms. The van der Waals surface area contributed by atoms with E-state index < -0.39 is 0 Å². The van der Waals surface area contributed by atoms with Gasteiger partial charge in [0.25, 0.3) is 0 Å². The van der Waals surface area contributed by atoms with Gasteiger partial charge in [0.15, 0.2) is 0 Å². The molecule has 5 nitrogen and oxygen atoms in total. The smallest absolute Gasteiger partial charge is 0.224 e. The first-order chi connectivity index (χ1) is 10.6. The van der Waals surface area contributed by atoms with Crippen molar-refractivity contribution in [3.8, 4) is 0 Å². The number of carbonyl (C=O) groups excluding carboxylic acids is 1. The summed E-state index contributed by atoms with van der Waals surface area (Å²) in [5.74, 6) is 0.0850. The van der Waals surface area contributed by atoms with Crippen LogP contribution in [0.25, 0.3) is 0 Å². The molecule has 2 heterocycles. The number of aromatic nitrogens is 1. The Kier molecular flexibility index (Phi) is 3.07. The first-order valence-corrected chi connectivity index (χ1v) is 8.18. The minimum absolute atomic E-state index is 0.136. The van der Waals surface area contributed by atoms with Crippen molar-refractivity contribution >= 4 is 5.91 Å². The van der Waals surface area contributed by atoms with Crippen LogP contribution in [-0.2, 0) is 4.79 Å². The van der Waals surface area contributed by atoms with Crippen molar-refractivity contribution in [2.75, 3.05) is 39.8 Å². The Morgan fingerprint density at radius 2 is 2.05 bits per heavy atom. The molecule has 3 aliphatic carbocycles. The van der Waals surface area contributed by atoms with Crippen molar-refractivity contribution < 1.29 is 4.79 Å². The second kappa shape index (κ2) is 4.77. The maximum absolute atomic E-state index is 12.0. The lowest BCUT2D eigenvalue weighted by molar-refractivity contribution is -0.235. The Labute approximate surface area is 131 Å². The van der Waals surface area contributed by atoms with Crippen LogP contribution < -0.4 is 5.73 Å². The molecule has 1 amide bonds. The minimum atomic E-state index is -0.319. The van der Waals surface area contributed by atoms with Crippen LogP contribution >= 0.6 is 0 Å². The quantitative estimate of drug-likeness (QED) is 0.888. The highest BCUT2D eigenvalue weighted by atomic mass is 16.1. The summed E-state index contributed by atoms with van der Waals surface area (Å²) in [4.78, 5) is 21.4. The number of carbonyl (C=O) groups is 1. The molecule has 5 heteroatoms. The van der Waals surface area contributed by atoms with E-state index in [4.69, 9.17) is 5.73 Å². The predicted octanol–water partition coefficient (Wildman–Crippen LogP) is 0.678. The molecule has 22 heavy (non-hydrogen) atoms. The van der Waals surface area contributed by atoms with E-state index in [9.17, 15) is 4.79 Å². The molecule has 2 bridgehead atoms. The molecular formula is C17H24N4O. The van der Waals surface area contributed by atoms with Gasteiger partial charge in [-0.15, -0.1) is 0 Å². The van der Waals surface area contributed by atoms with Crippen molar-refractivity contribution in [1.82, 2.24) is 14.8 Å². The van der Waals surface area contributed by atoms with E-state index in [0.717, 1.165) is 51.3 Å². The van der Waals surface area contributed by atoms with Gasteiger partial charge in [-0.3, -0.25) is 9.78 Å². The minimum Gasteiger partial charge on any atom is -0.369 e. The largest absolute Gasteiger partial charge is 0.369 e. The van der Waals surface area contributed by atoms with E-state index in [-0.39, 0.29) is 22.7 Å². The molecule has 2 N–H and O–H groups in total. The van der Waals surface area contributed by atoms with Gasteiger partial charge in [0.2, 0.25) is 5.91 Å². The van der Waals surface area contributed by atoms with Gasteiger partial charge in [0.05, 0.1) is 5.41 Å². The second-order valence-electron chi connectivity index (χ2n) is 7.50. The number of hydrogen-bond donors (Lipinski definition) is 1. The number of primary amides is 1. The molecule has 1 saturated heterocycles. The number of piperazine rings is 1. The number of nitrogens with zero attached hydrogens (tertiary/aromatic N) is 3. The summed E-state index contributed by atoms with van der Waals surface area (Å²) >= 11 is 0. The summed E-state index contributed by atoms with van der Waals surface area (Å²) in [6.07, 6.45) is 3.72. The Hall–Kier alpha value is -1.46. The Balaban J connectivity index is 1.54. The lowest BCUT2D eigenvalue weighted by Gasteiger charge is -2.75. The summed E-state index contributed by atoms with van der Waals surface area (Å²) in [7, 11) is 2.18. The fraction of sp³-hybridized carbons (Fsp3) is 0.647. The molecule has 1 aromatic rings. The lowest BCUT2D eigenvalue weighted by atomic mass is 9.28. The van der Waals surface area contributed by atoms with E-state index >= 15 is 0 Å². The zero-order valence-corrected chi connectivity index (χ0v) is 13.2. The maximum atomic E-state index is 12.0. The number of nitrogens with two attached hydrogens (primary N) is 1. The van der Waals surface area contributed by atoms with E-state index in [1.165, 1.54) is 0 Å². The molecular weight excluding hydrogens is 276 g/mol. The Bertz CT molecular complexity index is 574. The Morgan fingerprint density at radius 3 is 2.64 bits per heavy atom. The normalized spacial score (nSPS) is 38.1. The van der Waals surface area contributed by atoms with E-state index in [2.05, 4.69) is 27.9 Å². The molecule has 118 valence electrons. The van der Waals surface area contributed by atoms with Gasteiger partial charge in [0.1, 0.15) is 0 Å². The van der Waals surface area contributed by atoms with Gasteiger partial charge in [-0.25, -0.2) is 0 Å². The molecule has 1 unspecified atom stereocenters. The van der Waals surface area contributed by atoms with Gasteiger partial charge in [-0.1, -0.05) is 6.07 Å². The van der Waals surface area contributed by atoms with Gasteiger partial charge < -0.3 is 15.5 Å². The topological polar surface area (TPSA) is 62.5 Å². The van der Waals surface area contributed by atoms with Crippen molar-refractivity contribution in [3.05, 3.63) is 30.1 Å². The first kappa shape index (κ1) is 14.2.